The molecule has 2 saturated heterocycles. The first kappa shape index (κ1) is 18.7. The lowest BCUT2D eigenvalue weighted by molar-refractivity contribution is -0.192. The molecule has 24 heavy (non-hydrogen) atoms. The molecular weight excluding hydrogens is 345 g/mol. The number of carbonyl (C=O) groups excluding carboxylic acids is 1. The SMILES string of the molecule is CCN1C[C@@H]2CN(Cc3cccs3)C[C@@H]2C1=O.O=C(O)C(F)(F)F. The molecule has 0 bridgehead atoms. The summed E-state index contributed by atoms with van der Waals surface area (Å²) in [7, 11) is 0. The number of fused-ring (bicyclic) bond motifs is 1. The predicted molar refractivity (Wildman–Crippen MR) is 82.5 cm³/mol. The normalized spacial score (nSPS) is 23.8. The first-order valence-electron chi connectivity index (χ1n) is 7.56. The van der Waals surface area contributed by atoms with E-state index in [0.29, 0.717) is 11.8 Å². The maximum Gasteiger partial charge on any atom is 0.490 e. The van der Waals surface area contributed by atoms with Gasteiger partial charge in [-0.2, -0.15) is 13.2 Å². The van der Waals surface area contributed by atoms with Crippen LogP contribution in [0.2, 0.25) is 0 Å². The number of hydrogen-bond acceptors (Lipinski definition) is 4. The van der Waals surface area contributed by atoms with E-state index in [4.69, 9.17) is 9.90 Å². The molecule has 0 saturated carbocycles. The van der Waals surface area contributed by atoms with Crippen molar-refractivity contribution in [2.75, 3.05) is 26.2 Å². The number of amides is 1. The summed E-state index contributed by atoms with van der Waals surface area (Å²) in [5.74, 6) is -1.53. The largest absolute Gasteiger partial charge is 0.490 e. The summed E-state index contributed by atoms with van der Waals surface area (Å²) in [6, 6.07) is 4.28. The average Bonchev–Trinajstić information content (AvgIpc) is 3.18. The standard InChI is InChI=1S/C13H18N2OS.C2HF3O2/c1-2-15-7-10-6-14(9-12(10)13(15)16)8-11-4-3-5-17-11;3-2(4,5)1(6)7/h3-5,10,12H,2,6-9H2,1H3;(H,6,7)/t10-,12-;/m0./s1. The minimum atomic E-state index is -5.08. The number of thiophene rings is 1. The van der Waals surface area contributed by atoms with Crippen LogP contribution in [0.5, 0.6) is 0 Å². The molecule has 0 aliphatic carbocycles. The van der Waals surface area contributed by atoms with Crippen LogP contribution in [-0.2, 0) is 16.1 Å². The maximum absolute atomic E-state index is 12.1. The first-order chi connectivity index (χ1) is 11.2. The molecule has 0 radical (unpaired) electrons. The van der Waals surface area contributed by atoms with E-state index in [1.807, 2.05) is 4.90 Å². The van der Waals surface area contributed by atoms with Crippen molar-refractivity contribution < 1.29 is 27.9 Å². The second kappa shape index (κ2) is 7.52. The highest BCUT2D eigenvalue weighted by Gasteiger charge is 2.45. The number of carboxylic acid groups (broad SMARTS) is 1. The summed E-state index contributed by atoms with van der Waals surface area (Å²) in [4.78, 5) is 26.8. The van der Waals surface area contributed by atoms with E-state index in [1.165, 1.54) is 4.88 Å². The van der Waals surface area contributed by atoms with Crippen LogP contribution in [0.3, 0.4) is 0 Å². The minimum absolute atomic E-state index is 0.273. The first-order valence-corrected chi connectivity index (χ1v) is 8.44. The van der Waals surface area contributed by atoms with Crippen molar-refractivity contribution in [2.24, 2.45) is 11.8 Å². The van der Waals surface area contributed by atoms with E-state index in [2.05, 4.69) is 29.3 Å². The van der Waals surface area contributed by atoms with E-state index in [0.717, 1.165) is 32.7 Å². The molecule has 1 amide bonds. The maximum atomic E-state index is 12.1. The van der Waals surface area contributed by atoms with E-state index >= 15 is 0 Å². The number of nitrogens with zero attached hydrogens (tertiary/aromatic N) is 2. The molecule has 2 aliphatic rings. The Hall–Kier alpha value is -1.61. The topological polar surface area (TPSA) is 60.9 Å². The third-order valence-electron chi connectivity index (χ3n) is 4.18. The summed E-state index contributed by atoms with van der Waals surface area (Å²) in [5.41, 5.74) is 0. The van der Waals surface area contributed by atoms with E-state index in [9.17, 15) is 18.0 Å². The Kier molecular flexibility index (Phi) is 5.87. The van der Waals surface area contributed by atoms with Crippen LogP contribution >= 0.6 is 11.3 Å². The van der Waals surface area contributed by atoms with Crippen molar-refractivity contribution >= 4 is 23.2 Å². The van der Waals surface area contributed by atoms with Gasteiger partial charge in [0.1, 0.15) is 0 Å². The van der Waals surface area contributed by atoms with Crippen molar-refractivity contribution in [3.63, 3.8) is 0 Å². The summed E-state index contributed by atoms with van der Waals surface area (Å²) in [6.07, 6.45) is -5.08. The second-order valence-corrected chi connectivity index (χ2v) is 6.85. The van der Waals surface area contributed by atoms with Gasteiger partial charge in [0.2, 0.25) is 5.91 Å². The summed E-state index contributed by atoms with van der Waals surface area (Å²) < 4.78 is 31.7. The smallest absolute Gasteiger partial charge is 0.475 e. The molecule has 2 aliphatic heterocycles. The lowest BCUT2D eigenvalue weighted by Gasteiger charge is -2.19. The molecule has 0 aromatic carbocycles. The fourth-order valence-corrected chi connectivity index (χ4v) is 3.82. The Balaban J connectivity index is 0.000000256. The van der Waals surface area contributed by atoms with Gasteiger partial charge < -0.3 is 10.0 Å². The second-order valence-electron chi connectivity index (χ2n) is 5.82. The average molecular weight is 364 g/mol. The van der Waals surface area contributed by atoms with Gasteiger partial charge in [-0.3, -0.25) is 9.69 Å². The predicted octanol–water partition coefficient (Wildman–Crippen LogP) is 2.29. The van der Waals surface area contributed by atoms with E-state index < -0.39 is 12.1 Å². The van der Waals surface area contributed by atoms with Crippen LogP contribution in [0.1, 0.15) is 11.8 Å². The number of carboxylic acids is 1. The number of halogens is 3. The van der Waals surface area contributed by atoms with Crippen LogP contribution in [0, 0.1) is 11.8 Å². The third kappa shape index (κ3) is 4.47. The molecule has 2 fully saturated rings. The third-order valence-corrected chi connectivity index (χ3v) is 5.05. The molecular formula is C15H19F3N2O3S. The van der Waals surface area contributed by atoms with Gasteiger partial charge in [-0.15, -0.1) is 11.3 Å². The summed E-state index contributed by atoms with van der Waals surface area (Å²) in [6.45, 7) is 6.98. The highest BCUT2D eigenvalue weighted by atomic mass is 32.1. The van der Waals surface area contributed by atoms with Crippen molar-refractivity contribution in [1.82, 2.24) is 9.80 Å². The van der Waals surface area contributed by atoms with Gasteiger partial charge in [0.15, 0.2) is 0 Å². The lowest BCUT2D eigenvalue weighted by atomic mass is 10.0. The fourth-order valence-electron chi connectivity index (χ4n) is 3.07. The summed E-state index contributed by atoms with van der Waals surface area (Å²) in [5, 5.41) is 9.25. The van der Waals surface area contributed by atoms with Crippen LogP contribution in [0.25, 0.3) is 0 Å². The number of likely N-dealkylation sites (tertiary alicyclic amines) is 2. The Labute approximate surface area is 141 Å². The van der Waals surface area contributed by atoms with Crippen LogP contribution in [0.4, 0.5) is 13.2 Å². The number of rotatable bonds is 3. The Bertz CT molecular complexity index is 577. The van der Waals surface area contributed by atoms with E-state index in [-0.39, 0.29) is 5.92 Å². The Morgan fingerprint density at radius 1 is 1.38 bits per heavy atom. The van der Waals surface area contributed by atoms with E-state index in [1.54, 1.807) is 11.3 Å². The molecule has 1 N–H and O–H groups in total. The molecule has 1 aromatic rings. The zero-order valence-electron chi connectivity index (χ0n) is 13.1. The number of aliphatic carboxylic acids is 1. The lowest BCUT2D eigenvalue weighted by Crippen LogP contribution is -2.32. The van der Waals surface area contributed by atoms with Crippen LogP contribution in [0.15, 0.2) is 17.5 Å². The molecule has 134 valence electrons. The number of alkyl halides is 3. The summed E-state index contributed by atoms with van der Waals surface area (Å²) >= 11 is 1.81. The molecule has 3 heterocycles. The van der Waals surface area contributed by atoms with Gasteiger partial charge in [0, 0.05) is 43.5 Å². The quantitative estimate of drug-likeness (QED) is 0.894. The zero-order chi connectivity index (χ0) is 17.9. The fraction of sp³-hybridized carbons (Fsp3) is 0.600. The van der Waals surface area contributed by atoms with Crippen molar-refractivity contribution in [1.29, 1.82) is 0 Å². The molecule has 5 nitrogen and oxygen atoms in total. The van der Waals surface area contributed by atoms with Gasteiger partial charge in [0.25, 0.3) is 0 Å². The van der Waals surface area contributed by atoms with Gasteiger partial charge in [-0.05, 0) is 18.4 Å². The molecule has 0 spiro atoms. The molecule has 2 atom stereocenters. The molecule has 9 heteroatoms. The van der Waals surface area contributed by atoms with Crippen molar-refractivity contribution in [3.8, 4) is 0 Å². The van der Waals surface area contributed by atoms with Crippen molar-refractivity contribution in [2.45, 2.75) is 19.6 Å². The van der Waals surface area contributed by atoms with Crippen molar-refractivity contribution in [3.05, 3.63) is 22.4 Å². The van der Waals surface area contributed by atoms with Gasteiger partial charge in [-0.25, -0.2) is 4.79 Å². The zero-order valence-corrected chi connectivity index (χ0v) is 13.9. The van der Waals surface area contributed by atoms with Gasteiger partial charge in [-0.1, -0.05) is 6.07 Å². The highest BCUT2D eigenvalue weighted by Crippen LogP contribution is 2.33. The number of hydrogen-bond donors (Lipinski definition) is 1. The molecule has 3 rings (SSSR count). The Morgan fingerprint density at radius 3 is 2.50 bits per heavy atom. The monoisotopic (exact) mass is 364 g/mol. The van der Waals surface area contributed by atoms with Crippen LogP contribution in [-0.4, -0.2) is 59.1 Å². The minimum Gasteiger partial charge on any atom is -0.475 e. The molecule has 0 unspecified atom stereocenters. The highest BCUT2D eigenvalue weighted by molar-refractivity contribution is 7.09. The number of carbonyl (C=O) groups is 2. The molecule has 1 aromatic heterocycles. The Morgan fingerprint density at radius 2 is 2.04 bits per heavy atom. The van der Waals surface area contributed by atoms with Crippen LogP contribution < -0.4 is 0 Å². The van der Waals surface area contributed by atoms with Gasteiger partial charge >= 0.3 is 12.1 Å². The van der Waals surface area contributed by atoms with Gasteiger partial charge in [0.05, 0.1) is 5.92 Å².